The molecule has 2 aromatic carbocycles. The molecule has 3 aromatic rings. The first kappa shape index (κ1) is 18.4. The number of amides is 1. The second kappa shape index (κ2) is 8.35. The summed E-state index contributed by atoms with van der Waals surface area (Å²) in [6.07, 6.45) is 0.643. The van der Waals surface area contributed by atoms with Gasteiger partial charge in [-0.3, -0.25) is 4.79 Å². The van der Waals surface area contributed by atoms with E-state index in [2.05, 4.69) is 15.5 Å². The van der Waals surface area contributed by atoms with Crippen molar-refractivity contribution in [2.24, 2.45) is 0 Å². The summed E-state index contributed by atoms with van der Waals surface area (Å²) in [4.78, 5) is 14.1. The van der Waals surface area contributed by atoms with Crippen molar-refractivity contribution in [2.75, 3.05) is 31.4 Å². The zero-order valence-corrected chi connectivity index (χ0v) is 15.6. The van der Waals surface area contributed by atoms with Gasteiger partial charge in [-0.15, -0.1) is 10.2 Å². The lowest BCUT2D eigenvalue weighted by molar-refractivity contribution is -0.116. The minimum Gasteiger partial charge on any atom is -0.497 e. The van der Waals surface area contributed by atoms with Crippen LogP contribution >= 0.6 is 0 Å². The Morgan fingerprint density at radius 2 is 1.78 bits per heavy atom. The molecule has 1 amide bonds. The van der Waals surface area contributed by atoms with Gasteiger partial charge in [0.25, 0.3) is 0 Å². The molecule has 0 saturated carbocycles. The van der Waals surface area contributed by atoms with Gasteiger partial charge in [0, 0.05) is 43.9 Å². The van der Waals surface area contributed by atoms with E-state index in [0.717, 1.165) is 22.7 Å². The molecule has 1 aromatic heterocycles. The topological polar surface area (TPSA) is 80.5 Å². The van der Waals surface area contributed by atoms with Crippen LogP contribution in [0.3, 0.4) is 0 Å². The lowest BCUT2D eigenvalue weighted by Crippen LogP contribution is -2.13. The van der Waals surface area contributed by atoms with E-state index >= 15 is 0 Å². The molecule has 7 nitrogen and oxygen atoms in total. The zero-order valence-electron chi connectivity index (χ0n) is 15.6. The maximum absolute atomic E-state index is 12.1. The number of aryl methyl sites for hydroxylation is 1. The van der Waals surface area contributed by atoms with Crippen molar-refractivity contribution in [2.45, 2.75) is 12.8 Å². The molecular formula is C20H22N4O3. The summed E-state index contributed by atoms with van der Waals surface area (Å²) >= 11 is 0. The van der Waals surface area contributed by atoms with Crippen LogP contribution in [0, 0.1) is 0 Å². The van der Waals surface area contributed by atoms with Gasteiger partial charge in [0.1, 0.15) is 5.75 Å². The van der Waals surface area contributed by atoms with Gasteiger partial charge >= 0.3 is 0 Å². The molecule has 3 rings (SSSR count). The van der Waals surface area contributed by atoms with Crippen LogP contribution in [0.25, 0.3) is 11.5 Å². The van der Waals surface area contributed by atoms with E-state index in [-0.39, 0.29) is 12.3 Å². The van der Waals surface area contributed by atoms with Crippen LogP contribution in [0.1, 0.15) is 12.3 Å². The minimum absolute atomic E-state index is 0.100. The maximum Gasteiger partial charge on any atom is 0.247 e. The molecule has 7 heteroatoms. The van der Waals surface area contributed by atoms with E-state index in [1.165, 1.54) is 0 Å². The maximum atomic E-state index is 12.1. The van der Waals surface area contributed by atoms with Crippen LogP contribution in [-0.4, -0.2) is 37.3 Å². The van der Waals surface area contributed by atoms with Crippen molar-refractivity contribution in [3.8, 4) is 17.2 Å². The number of methoxy groups -OCH3 is 1. The number of nitrogens with zero attached hydrogens (tertiary/aromatic N) is 3. The van der Waals surface area contributed by atoms with Gasteiger partial charge < -0.3 is 19.4 Å². The van der Waals surface area contributed by atoms with E-state index < -0.39 is 0 Å². The van der Waals surface area contributed by atoms with Gasteiger partial charge in [0.2, 0.25) is 17.7 Å². The Morgan fingerprint density at radius 3 is 2.41 bits per heavy atom. The van der Waals surface area contributed by atoms with Crippen molar-refractivity contribution < 1.29 is 13.9 Å². The summed E-state index contributed by atoms with van der Waals surface area (Å²) in [7, 11) is 5.55. The SMILES string of the molecule is COc1ccc(-c2nnc(CCC(=O)Nc3ccc(N(C)C)cc3)o2)cc1. The van der Waals surface area contributed by atoms with Gasteiger partial charge in [-0.05, 0) is 48.5 Å². The number of hydrogen-bond donors (Lipinski definition) is 1. The third-order valence-electron chi connectivity index (χ3n) is 4.04. The number of hydrogen-bond acceptors (Lipinski definition) is 6. The molecule has 0 unspecified atom stereocenters. The fourth-order valence-corrected chi connectivity index (χ4v) is 2.49. The monoisotopic (exact) mass is 366 g/mol. The molecule has 1 heterocycles. The van der Waals surface area contributed by atoms with Gasteiger partial charge in [-0.1, -0.05) is 0 Å². The van der Waals surface area contributed by atoms with E-state index in [1.807, 2.05) is 67.5 Å². The lowest BCUT2D eigenvalue weighted by atomic mass is 10.2. The second-order valence-electron chi connectivity index (χ2n) is 6.22. The van der Waals surface area contributed by atoms with Crippen molar-refractivity contribution in [1.29, 1.82) is 0 Å². The van der Waals surface area contributed by atoms with Gasteiger partial charge in [-0.25, -0.2) is 0 Å². The van der Waals surface area contributed by atoms with Crippen molar-refractivity contribution in [3.05, 3.63) is 54.4 Å². The molecule has 0 saturated heterocycles. The van der Waals surface area contributed by atoms with Crippen molar-refractivity contribution in [3.63, 3.8) is 0 Å². The molecule has 27 heavy (non-hydrogen) atoms. The summed E-state index contributed by atoms with van der Waals surface area (Å²) in [5, 5.41) is 10.9. The number of aromatic nitrogens is 2. The van der Waals surface area contributed by atoms with Crippen LogP contribution in [0.4, 0.5) is 11.4 Å². The molecule has 0 aliphatic carbocycles. The molecule has 0 aliphatic rings. The first-order chi connectivity index (χ1) is 13.0. The molecule has 140 valence electrons. The van der Waals surface area contributed by atoms with E-state index in [0.29, 0.717) is 18.2 Å². The summed E-state index contributed by atoms with van der Waals surface area (Å²) < 4.78 is 10.8. The van der Waals surface area contributed by atoms with Crippen LogP contribution in [-0.2, 0) is 11.2 Å². The summed E-state index contributed by atoms with van der Waals surface area (Å²) in [5.74, 6) is 1.51. The number of anilines is 2. The van der Waals surface area contributed by atoms with Crippen molar-refractivity contribution >= 4 is 17.3 Å². The highest BCUT2D eigenvalue weighted by molar-refractivity contribution is 5.90. The van der Waals surface area contributed by atoms with E-state index in [4.69, 9.17) is 9.15 Å². The molecule has 0 spiro atoms. The average molecular weight is 366 g/mol. The summed E-state index contributed by atoms with van der Waals surface area (Å²) in [6.45, 7) is 0. The van der Waals surface area contributed by atoms with Gasteiger partial charge in [0.15, 0.2) is 0 Å². The van der Waals surface area contributed by atoms with E-state index in [1.54, 1.807) is 7.11 Å². The Morgan fingerprint density at radius 1 is 1.07 bits per heavy atom. The quantitative estimate of drug-likeness (QED) is 0.690. The smallest absolute Gasteiger partial charge is 0.247 e. The number of nitrogens with one attached hydrogen (secondary N) is 1. The van der Waals surface area contributed by atoms with Crippen LogP contribution < -0.4 is 15.0 Å². The summed E-state index contributed by atoms with van der Waals surface area (Å²) in [6, 6.07) is 15.0. The fourth-order valence-electron chi connectivity index (χ4n) is 2.49. The minimum atomic E-state index is -0.100. The first-order valence-corrected chi connectivity index (χ1v) is 8.59. The highest BCUT2D eigenvalue weighted by Crippen LogP contribution is 2.21. The predicted octanol–water partition coefficient (Wildman–Crippen LogP) is 3.38. The normalized spacial score (nSPS) is 10.5. The van der Waals surface area contributed by atoms with Crippen LogP contribution in [0.15, 0.2) is 52.9 Å². The Kier molecular flexibility index (Phi) is 5.71. The van der Waals surface area contributed by atoms with Gasteiger partial charge in [-0.2, -0.15) is 0 Å². The highest BCUT2D eigenvalue weighted by atomic mass is 16.5. The van der Waals surface area contributed by atoms with E-state index in [9.17, 15) is 4.79 Å². The molecular weight excluding hydrogens is 344 g/mol. The average Bonchev–Trinajstić information content (AvgIpc) is 3.16. The Hall–Kier alpha value is -3.35. The highest BCUT2D eigenvalue weighted by Gasteiger charge is 2.11. The lowest BCUT2D eigenvalue weighted by Gasteiger charge is -2.12. The Labute approximate surface area is 158 Å². The number of rotatable bonds is 7. The number of benzene rings is 2. The van der Waals surface area contributed by atoms with Gasteiger partial charge in [0.05, 0.1) is 7.11 Å². The first-order valence-electron chi connectivity index (χ1n) is 8.59. The summed E-state index contributed by atoms with van der Waals surface area (Å²) in [5.41, 5.74) is 2.64. The standard InChI is InChI=1S/C20H22N4O3/c1-24(2)16-8-6-15(7-9-16)21-18(25)12-13-19-22-23-20(27-19)14-4-10-17(26-3)11-5-14/h4-11H,12-13H2,1-3H3,(H,21,25). The van der Waals surface area contributed by atoms with Crippen LogP contribution in [0.5, 0.6) is 5.75 Å². The molecule has 0 bridgehead atoms. The zero-order chi connectivity index (χ0) is 19.2. The Bertz CT molecular complexity index is 886. The number of ether oxygens (including phenoxy) is 1. The molecule has 0 atom stereocenters. The number of carbonyl (C=O) groups is 1. The largest absolute Gasteiger partial charge is 0.497 e. The Balaban J connectivity index is 1.53. The third-order valence-corrected chi connectivity index (χ3v) is 4.04. The second-order valence-corrected chi connectivity index (χ2v) is 6.22. The molecule has 0 radical (unpaired) electrons. The van der Waals surface area contributed by atoms with Crippen LogP contribution in [0.2, 0.25) is 0 Å². The molecule has 1 N–H and O–H groups in total. The predicted molar refractivity (Wildman–Crippen MR) is 104 cm³/mol. The van der Waals surface area contributed by atoms with Crippen molar-refractivity contribution in [1.82, 2.24) is 10.2 Å². The third kappa shape index (κ3) is 4.84. The molecule has 0 aliphatic heterocycles. The molecule has 0 fully saturated rings. The fraction of sp³-hybridized carbons (Fsp3) is 0.250. The number of carbonyl (C=O) groups excluding carboxylic acids is 1.